The summed E-state index contributed by atoms with van der Waals surface area (Å²) >= 11 is 0. The number of methoxy groups -OCH3 is 1. The molecule has 22 heavy (non-hydrogen) atoms. The van der Waals surface area contributed by atoms with Gasteiger partial charge >= 0.3 is 5.97 Å². The largest absolute Gasteiger partial charge is 0.496 e. The van der Waals surface area contributed by atoms with Crippen LogP contribution in [0.25, 0.3) is 0 Å². The first-order valence-corrected chi connectivity index (χ1v) is 8.23. The van der Waals surface area contributed by atoms with Crippen LogP contribution in [-0.4, -0.2) is 19.7 Å². The standard InChI is InChI=1S/C19H30O3/c1-7-22-19(20)16(11-13(2)3)12-15-9-8-10-17(14(4)5)18(15)21-6/h8-10,13-14,16H,7,11-12H2,1-6H3. The molecule has 3 heteroatoms. The molecule has 0 aromatic heterocycles. The Morgan fingerprint density at radius 2 is 1.86 bits per heavy atom. The number of hydrogen-bond acceptors (Lipinski definition) is 3. The summed E-state index contributed by atoms with van der Waals surface area (Å²) in [5.41, 5.74) is 2.28. The number of carbonyl (C=O) groups excluding carboxylic acids is 1. The summed E-state index contributed by atoms with van der Waals surface area (Å²) < 4.78 is 10.9. The minimum absolute atomic E-state index is 0.104. The number of rotatable bonds is 8. The zero-order chi connectivity index (χ0) is 16.7. The Morgan fingerprint density at radius 1 is 1.18 bits per heavy atom. The topological polar surface area (TPSA) is 35.5 Å². The highest BCUT2D eigenvalue weighted by atomic mass is 16.5. The average Bonchev–Trinajstić information content (AvgIpc) is 2.45. The van der Waals surface area contributed by atoms with Gasteiger partial charge in [0.1, 0.15) is 5.75 Å². The summed E-state index contributed by atoms with van der Waals surface area (Å²) in [6.07, 6.45) is 1.49. The van der Waals surface area contributed by atoms with Gasteiger partial charge in [0.25, 0.3) is 0 Å². The van der Waals surface area contributed by atoms with Gasteiger partial charge in [0.2, 0.25) is 0 Å². The van der Waals surface area contributed by atoms with Crippen LogP contribution in [0, 0.1) is 11.8 Å². The first-order valence-electron chi connectivity index (χ1n) is 8.23. The van der Waals surface area contributed by atoms with Crippen molar-refractivity contribution >= 4 is 5.97 Å². The number of ether oxygens (including phenoxy) is 2. The van der Waals surface area contributed by atoms with Crippen molar-refractivity contribution < 1.29 is 14.3 Å². The number of carbonyl (C=O) groups is 1. The lowest BCUT2D eigenvalue weighted by Gasteiger charge is -2.21. The van der Waals surface area contributed by atoms with E-state index in [0.29, 0.717) is 24.9 Å². The maximum atomic E-state index is 12.2. The highest BCUT2D eigenvalue weighted by molar-refractivity contribution is 5.73. The minimum atomic E-state index is -0.115. The number of hydrogen-bond donors (Lipinski definition) is 0. The lowest BCUT2D eigenvalue weighted by molar-refractivity contribution is -0.148. The third-order valence-corrected chi connectivity index (χ3v) is 3.80. The van der Waals surface area contributed by atoms with Crippen molar-refractivity contribution in [3.8, 4) is 5.75 Å². The average molecular weight is 306 g/mol. The van der Waals surface area contributed by atoms with E-state index in [1.807, 2.05) is 13.0 Å². The molecule has 0 N–H and O–H groups in total. The predicted molar refractivity (Wildman–Crippen MR) is 90.4 cm³/mol. The van der Waals surface area contributed by atoms with Crippen LogP contribution < -0.4 is 4.74 Å². The van der Waals surface area contributed by atoms with Crippen molar-refractivity contribution in [2.75, 3.05) is 13.7 Å². The molecule has 0 radical (unpaired) electrons. The zero-order valence-electron chi connectivity index (χ0n) is 14.8. The molecule has 0 aliphatic heterocycles. The highest BCUT2D eigenvalue weighted by Crippen LogP contribution is 2.32. The van der Waals surface area contributed by atoms with Crippen LogP contribution in [0.2, 0.25) is 0 Å². The molecule has 0 amide bonds. The number of para-hydroxylation sites is 1. The molecule has 1 unspecified atom stereocenters. The molecular weight excluding hydrogens is 276 g/mol. The zero-order valence-corrected chi connectivity index (χ0v) is 14.8. The molecule has 0 bridgehead atoms. The maximum absolute atomic E-state index is 12.2. The Kier molecular flexibility index (Phi) is 7.43. The number of benzene rings is 1. The van der Waals surface area contributed by atoms with Crippen LogP contribution in [-0.2, 0) is 16.0 Å². The van der Waals surface area contributed by atoms with Crippen molar-refractivity contribution in [3.63, 3.8) is 0 Å². The van der Waals surface area contributed by atoms with Crippen molar-refractivity contribution in [2.45, 2.75) is 53.4 Å². The van der Waals surface area contributed by atoms with E-state index in [9.17, 15) is 4.79 Å². The fourth-order valence-electron chi connectivity index (χ4n) is 2.83. The van der Waals surface area contributed by atoms with E-state index in [-0.39, 0.29) is 11.9 Å². The molecule has 0 saturated carbocycles. The Hall–Kier alpha value is -1.51. The molecule has 124 valence electrons. The molecule has 3 nitrogen and oxygen atoms in total. The third kappa shape index (κ3) is 5.04. The molecule has 1 atom stereocenters. The molecule has 0 spiro atoms. The Morgan fingerprint density at radius 3 is 2.36 bits per heavy atom. The summed E-state index contributed by atoms with van der Waals surface area (Å²) in [6, 6.07) is 6.19. The van der Waals surface area contributed by atoms with Crippen LogP contribution in [0.4, 0.5) is 0 Å². The van der Waals surface area contributed by atoms with Gasteiger partial charge in [0.15, 0.2) is 0 Å². The lowest BCUT2D eigenvalue weighted by atomic mass is 9.88. The Labute approximate surface area is 135 Å². The fraction of sp³-hybridized carbons (Fsp3) is 0.632. The fourth-order valence-corrected chi connectivity index (χ4v) is 2.83. The molecule has 0 heterocycles. The maximum Gasteiger partial charge on any atom is 0.309 e. The van der Waals surface area contributed by atoms with Gasteiger partial charge in [-0.3, -0.25) is 4.79 Å². The van der Waals surface area contributed by atoms with Gasteiger partial charge in [0, 0.05) is 0 Å². The van der Waals surface area contributed by atoms with E-state index in [2.05, 4.69) is 39.8 Å². The molecule has 1 aromatic rings. The first kappa shape index (κ1) is 18.5. The minimum Gasteiger partial charge on any atom is -0.496 e. The Balaban J connectivity index is 3.06. The third-order valence-electron chi connectivity index (χ3n) is 3.80. The molecule has 0 aliphatic rings. The lowest BCUT2D eigenvalue weighted by Crippen LogP contribution is -2.22. The Bertz CT molecular complexity index is 478. The predicted octanol–water partition coefficient (Wildman–Crippen LogP) is 4.59. The van der Waals surface area contributed by atoms with E-state index in [1.165, 1.54) is 5.56 Å². The molecular formula is C19H30O3. The van der Waals surface area contributed by atoms with Gasteiger partial charge < -0.3 is 9.47 Å². The van der Waals surface area contributed by atoms with E-state index in [4.69, 9.17) is 9.47 Å². The van der Waals surface area contributed by atoms with E-state index in [1.54, 1.807) is 7.11 Å². The summed E-state index contributed by atoms with van der Waals surface area (Å²) in [5, 5.41) is 0. The quantitative estimate of drug-likeness (QED) is 0.659. The normalized spacial score (nSPS) is 12.5. The van der Waals surface area contributed by atoms with Crippen molar-refractivity contribution in [2.24, 2.45) is 11.8 Å². The highest BCUT2D eigenvalue weighted by Gasteiger charge is 2.24. The first-order chi connectivity index (χ1) is 10.4. The smallest absolute Gasteiger partial charge is 0.309 e. The van der Waals surface area contributed by atoms with Gasteiger partial charge in [-0.15, -0.1) is 0 Å². The van der Waals surface area contributed by atoms with Gasteiger partial charge in [0.05, 0.1) is 19.6 Å². The monoisotopic (exact) mass is 306 g/mol. The SMILES string of the molecule is CCOC(=O)C(Cc1cccc(C(C)C)c1OC)CC(C)C. The second kappa shape index (κ2) is 8.82. The second-order valence-electron chi connectivity index (χ2n) is 6.48. The van der Waals surface area contributed by atoms with Crippen LogP contribution >= 0.6 is 0 Å². The van der Waals surface area contributed by atoms with Gasteiger partial charge in [-0.05, 0) is 42.7 Å². The second-order valence-corrected chi connectivity index (χ2v) is 6.48. The molecule has 0 aliphatic carbocycles. The summed E-state index contributed by atoms with van der Waals surface area (Å²) in [5.74, 6) is 1.54. The van der Waals surface area contributed by atoms with Crippen molar-refractivity contribution in [1.82, 2.24) is 0 Å². The van der Waals surface area contributed by atoms with Gasteiger partial charge in [-0.1, -0.05) is 45.9 Å². The van der Waals surface area contributed by atoms with Crippen molar-refractivity contribution in [3.05, 3.63) is 29.3 Å². The molecule has 0 saturated heterocycles. The van der Waals surface area contributed by atoms with Gasteiger partial charge in [-0.2, -0.15) is 0 Å². The van der Waals surface area contributed by atoms with Crippen molar-refractivity contribution in [1.29, 1.82) is 0 Å². The summed E-state index contributed by atoms with van der Waals surface area (Å²) in [6.45, 7) is 10.8. The van der Waals surface area contributed by atoms with Crippen LogP contribution in [0.5, 0.6) is 5.75 Å². The molecule has 0 fully saturated rings. The van der Waals surface area contributed by atoms with E-state index >= 15 is 0 Å². The molecule has 1 rings (SSSR count). The summed E-state index contributed by atoms with van der Waals surface area (Å²) in [4.78, 5) is 12.2. The van der Waals surface area contributed by atoms with Crippen LogP contribution in [0.15, 0.2) is 18.2 Å². The van der Waals surface area contributed by atoms with Crippen LogP contribution in [0.3, 0.4) is 0 Å². The van der Waals surface area contributed by atoms with E-state index < -0.39 is 0 Å². The van der Waals surface area contributed by atoms with E-state index in [0.717, 1.165) is 17.7 Å². The van der Waals surface area contributed by atoms with Gasteiger partial charge in [-0.25, -0.2) is 0 Å². The summed E-state index contributed by atoms with van der Waals surface area (Å²) in [7, 11) is 1.70. The number of esters is 1. The van der Waals surface area contributed by atoms with Crippen LogP contribution in [0.1, 0.15) is 58.1 Å². The molecule has 1 aromatic carbocycles.